The van der Waals surface area contributed by atoms with Crippen molar-refractivity contribution in [1.82, 2.24) is 24.9 Å². The van der Waals surface area contributed by atoms with Crippen LogP contribution in [0.3, 0.4) is 0 Å². The Bertz CT molecular complexity index is 532. The first-order valence-corrected chi connectivity index (χ1v) is 6.60. The molecule has 2 aromatic heterocycles. The van der Waals surface area contributed by atoms with Crippen molar-refractivity contribution in [1.29, 1.82) is 0 Å². The lowest BCUT2D eigenvalue weighted by Gasteiger charge is -2.11. The number of hydrogen-bond donors (Lipinski definition) is 1. The highest BCUT2D eigenvalue weighted by Crippen LogP contribution is 2.12. The van der Waals surface area contributed by atoms with Crippen molar-refractivity contribution in [3.05, 3.63) is 35.9 Å². The number of nitrogens with one attached hydrogen (secondary N) is 1. The topological polar surface area (TPSA) is 47.7 Å². The Labute approximate surface area is 116 Å². The van der Waals surface area contributed by atoms with E-state index in [0.717, 1.165) is 16.9 Å². The van der Waals surface area contributed by atoms with Gasteiger partial charge in [-0.3, -0.25) is 4.68 Å². The molecule has 0 atom stereocenters. The molecule has 0 unspecified atom stereocenters. The molecule has 0 aromatic carbocycles. The van der Waals surface area contributed by atoms with Gasteiger partial charge in [-0.25, -0.2) is 4.68 Å². The second-order valence-electron chi connectivity index (χ2n) is 5.05. The van der Waals surface area contributed by atoms with Gasteiger partial charge in [0.05, 0.1) is 11.4 Å². The summed E-state index contributed by atoms with van der Waals surface area (Å²) in [5, 5.41) is 11.0. The first-order valence-electron chi connectivity index (χ1n) is 6.60. The van der Waals surface area contributed by atoms with Crippen molar-refractivity contribution < 1.29 is 8.78 Å². The van der Waals surface area contributed by atoms with Gasteiger partial charge in [0.25, 0.3) is 0 Å². The molecule has 0 radical (unpaired) electrons. The molecule has 2 aromatic rings. The zero-order chi connectivity index (χ0) is 14.5. The van der Waals surface area contributed by atoms with E-state index < -0.39 is 6.55 Å². The summed E-state index contributed by atoms with van der Waals surface area (Å²) in [6.07, 6.45) is 3.13. The first-order chi connectivity index (χ1) is 9.58. The SMILES string of the molecule is CC(C)Cn1nccc1CNCc1ccnn1C(F)F. The average molecular weight is 283 g/mol. The summed E-state index contributed by atoms with van der Waals surface area (Å²) in [4.78, 5) is 0. The molecule has 7 heteroatoms. The molecule has 0 saturated heterocycles. The van der Waals surface area contributed by atoms with Crippen molar-refractivity contribution in [2.45, 2.75) is 40.0 Å². The molecule has 2 heterocycles. The second-order valence-corrected chi connectivity index (χ2v) is 5.05. The van der Waals surface area contributed by atoms with Gasteiger partial charge < -0.3 is 5.32 Å². The molecule has 1 N–H and O–H groups in total. The van der Waals surface area contributed by atoms with Crippen LogP contribution in [0.25, 0.3) is 0 Å². The third-order valence-corrected chi connectivity index (χ3v) is 2.89. The molecule has 5 nitrogen and oxygen atoms in total. The Morgan fingerprint density at radius 3 is 2.45 bits per heavy atom. The van der Waals surface area contributed by atoms with E-state index in [-0.39, 0.29) is 0 Å². The molecule has 20 heavy (non-hydrogen) atoms. The summed E-state index contributed by atoms with van der Waals surface area (Å²) < 4.78 is 27.9. The number of hydrogen-bond acceptors (Lipinski definition) is 3. The van der Waals surface area contributed by atoms with Crippen molar-refractivity contribution in [3.8, 4) is 0 Å². The predicted molar refractivity (Wildman–Crippen MR) is 71.1 cm³/mol. The Morgan fingerprint density at radius 2 is 1.75 bits per heavy atom. The van der Waals surface area contributed by atoms with E-state index in [1.54, 1.807) is 12.3 Å². The molecule has 0 aliphatic heterocycles. The van der Waals surface area contributed by atoms with Gasteiger partial charge >= 0.3 is 6.55 Å². The van der Waals surface area contributed by atoms with Crippen LogP contribution < -0.4 is 5.32 Å². The standard InChI is InChI=1S/C13H19F2N5/c1-10(2)9-19-11(3-5-17-19)7-16-8-12-4-6-18-20(12)13(14)15/h3-6,10,13,16H,7-9H2,1-2H3. The summed E-state index contributed by atoms with van der Waals surface area (Å²) in [5.41, 5.74) is 1.51. The summed E-state index contributed by atoms with van der Waals surface area (Å²) in [7, 11) is 0. The lowest BCUT2D eigenvalue weighted by molar-refractivity contribution is 0.0531. The molecule has 0 amide bonds. The normalized spacial score (nSPS) is 11.7. The summed E-state index contributed by atoms with van der Waals surface area (Å²) >= 11 is 0. The van der Waals surface area contributed by atoms with E-state index in [4.69, 9.17) is 0 Å². The van der Waals surface area contributed by atoms with Gasteiger partial charge in [0.15, 0.2) is 0 Å². The Hall–Kier alpha value is -1.76. The fourth-order valence-electron chi connectivity index (χ4n) is 2.00. The third-order valence-electron chi connectivity index (χ3n) is 2.89. The zero-order valence-electron chi connectivity index (χ0n) is 11.6. The zero-order valence-corrected chi connectivity index (χ0v) is 11.6. The lowest BCUT2D eigenvalue weighted by atomic mass is 10.2. The molecular weight excluding hydrogens is 264 g/mol. The smallest absolute Gasteiger partial charge is 0.306 e. The average Bonchev–Trinajstić information content (AvgIpc) is 2.98. The lowest BCUT2D eigenvalue weighted by Crippen LogP contribution is -2.20. The molecule has 110 valence electrons. The molecule has 0 spiro atoms. The Kier molecular flexibility index (Phi) is 4.84. The molecular formula is C13H19F2N5. The Balaban J connectivity index is 1.90. The maximum Gasteiger partial charge on any atom is 0.333 e. The van der Waals surface area contributed by atoms with E-state index in [2.05, 4.69) is 29.4 Å². The van der Waals surface area contributed by atoms with Crippen LogP contribution in [0.15, 0.2) is 24.5 Å². The summed E-state index contributed by atoms with van der Waals surface area (Å²) in [6, 6.07) is 3.52. The third kappa shape index (κ3) is 3.63. The van der Waals surface area contributed by atoms with E-state index in [1.807, 2.05) is 10.7 Å². The van der Waals surface area contributed by atoms with E-state index in [1.165, 1.54) is 6.20 Å². The predicted octanol–water partition coefficient (Wildman–Crippen LogP) is 2.42. The van der Waals surface area contributed by atoms with Crippen LogP contribution in [-0.4, -0.2) is 19.6 Å². The van der Waals surface area contributed by atoms with Gasteiger partial charge in [-0.1, -0.05) is 13.8 Å². The second kappa shape index (κ2) is 6.60. The van der Waals surface area contributed by atoms with Crippen LogP contribution in [-0.2, 0) is 19.6 Å². The maximum absolute atomic E-state index is 12.6. The van der Waals surface area contributed by atoms with E-state index >= 15 is 0 Å². The van der Waals surface area contributed by atoms with Crippen LogP contribution in [0.4, 0.5) is 8.78 Å². The van der Waals surface area contributed by atoms with Gasteiger partial charge in [0.2, 0.25) is 0 Å². The molecule has 0 saturated carbocycles. The minimum Gasteiger partial charge on any atom is -0.306 e. The highest BCUT2D eigenvalue weighted by molar-refractivity contribution is 5.03. The fraction of sp³-hybridized carbons (Fsp3) is 0.538. The van der Waals surface area contributed by atoms with Crippen LogP contribution in [0, 0.1) is 5.92 Å². The van der Waals surface area contributed by atoms with Crippen molar-refractivity contribution in [2.75, 3.05) is 0 Å². The van der Waals surface area contributed by atoms with Crippen LogP contribution in [0.2, 0.25) is 0 Å². The minimum atomic E-state index is -2.60. The van der Waals surface area contributed by atoms with Gasteiger partial charge in [0, 0.05) is 32.0 Å². The highest BCUT2D eigenvalue weighted by Gasteiger charge is 2.11. The number of nitrogens with zero attached hydrogens (tertiary/aromatic N) is 4. The van der Waals surface area contributed by atoms with Gasteiger partial charge in [-0.05, 0) is 18.1 Å². The van der Waals surface area contributed by atoms with Gasteiger partial charge in [-0.2, -0.15) is 19.0 Å². The highest BCUT2D eigenvalue weighted by atomic mass is 19.3. The van der Waals surface area contributed by atoms with E-state index in [0.29, 0.717) is 24.7 Å². The number of aromatic nitrogens is 4. The minimum absolute atomic E-state index is 0.344. The largest absolute Gasteiger partial charge is 0.333 e. The number of rotatable bonds is 7. The van der Waals surface area contributed by atoms with E-state index in [9.17, 15) is 8.78 Å². The van der Waals surface area contributed by atoms with Crippen LogP contribution in [0.1, 0.15) is 31.8 Å². The van der Waals surface area contributed by atoms with Crippen molar-refractivity contribution in [2.24, 2.45) is 5.92 Å². The van der Waals surface area contributed by atoms with Crippen molar-refractivity contribution >= 4 is 0 Å². The summed E-state index contributed by atoms with van der Waals surface area (Å²) in [6.45, 7) is 3.42. The monoisotopic (exact) mass is 283 g/mol. The van der Waals surface area contributed by atoms with Gasteiger partial charge in [0.1, 0.15) is 0 Å². The molecule has 0 aliphatic carbocycles. The molecule has 0 fully saturated rings. The molecule has 2 rings (SSSR count). The Morgan fingerprint density at radius 1 is 1.10 bits per heavy atom. The maximum atomic E-state index is 12.6. The van der Waals surface area contributed by atoms with Gasteiger partial charge in [-0.15, -0.1) is 0 Å². The quantitative estimate of drug-likeness (QED) is 0.849. The fourth-order valence-corrected chi connectivity index (χ4v) is 2.00. The molecule has 0 bridgehead atoms. The number of halogens is 2. The van der Waals surface area contributed by atoms with Crippen LogP contribution in [0.5, 0.6) is 0 Å². The molecule has 0 aliphatic rings. The summed E-state index contributed by atoms with van der Waals surface area (Å²) in [5.74, 6) is 0.508. The number of alkyl halides is 2. The van der Waals surface area contributed by atoms with Crippen LogP contribution >= 0.6 is 0 Å². The first kappa shape index (κ1) is 14.6. The van der Waals surface area contributed by atoms with Crippen molar-refractivity contribution in [3.63, 3.8) is 0 Å².